The predicted octanol–water partition coefficient (Wildman–Crippen LogP) is 3.89. The SMILES string of the molecule is CC[NH+](CC)Cc1nc(Sc2ncnc3sccc23)c2c(C)c(C)sc2n1. The van der Waals surface area contributed by atoms with Crippen molar-refractivity contribution in [2.45, 2.75) is 44.3 Å². The average molecular weight is 417 g/mol. The molecule has 140 valence electrons. The maximum absolute atomic E-state index is 4.98. The van der Waals surface area contributed by atoms with Crippen molar-refractivity contribution in [1.82, 2.24) is 19.9 Å². The summed E-state index contributed by atoms with van der Waals surface area (Å²) in [5.74, 6) is 0.917. The van der Waals surface area contributed by atoms with E-state index in [0.29, 0.717) is 0 Å². The molecule has 0 spiro atoms. The van der Waals surface area contributed by atoms with Crippen LogP contribution < -0.4 is 4.90 Å². The lowest BCUT2D eigenvalue weighted by atomic mass is 10.2. The maximum Gasteiger partial charge on any atom is 0.186 e. The molecule has 0 amide bonds. The summed E-state index contributed by atoms with van der Waals surface area (Å²) in [5, 5.41) is 6.30. The smallest absolute Gasteiger partial charge is 0.186 e. The average Bonchev–Trinajstić information content (AvgIpc) is 3.25. The summed E-state index contributed by atoms with van der Waals surface area (Å²) in [5.41, 5.74) is 1.27. The minimum Gasteiger partial charge on any atom is -0.329 e. The van der Waals surface area contributed by atoms with Crippen LogP contribution in [0.15, 0.2) is 27.8 Å². The number of fused-ring (bicyclic) bond motifs is 2. The third kappa shape index (κ3) is 3.59. The van der Waals surface area contributed by atoms with Gasteiger partial charge in [-0.25, -0.2) is 19.9 Å². The second kappa shape index (κ2) is 7.79. The lowest BCUT2D eigenvalue weighted by molar-refractivity contribution is -0.910. The van der Waals surface area contributed by atoms with Crippen molar-refractivity contribution >= 4 is 54.9 Å². The van der Waals surface area contributed by atoms with Crippen molar-refractivity contribution in [3.8, 4) is 0 Å². The fraction of sp³-hybridized carbons (Fsp3) is 0.368. The van der Waals surface area contributed by atoms with E-state index in [-0.39, 0.29) is 0 Å². The van der Waals surface area contributed by atoms with E-state index in [1.54, 1.807) is 40.8 Å². The van der Waals surface area contributed by atoms with Gasteiger partial charge in [0.2, 0.25) is 0 Å². The van der Waals surface area contributed by atoms with Gasteiger partial charge in [-0.3, -0.25) is 0 Å². The second-order valence-corrected chi connectivity index (χ2v) is 9.54. The van der Waals surface area contributed by atoms with Crippen molar-refractivity contribution in [2.24, 2.45) is 0 Å². The monoisotopic (exact) mass is 416 g/mol. The van der Waals surface area contributed by atoms with Gasteiger partial charge in [-0.15, -0.1) is 22.7 Å². The first-order valence-electron chi connectivity index (χ1n) is 9.06. The van der Waals surface area contributed by atoms with Crippen molar-refractivity contribution in [3.05, 3.63) is 34.0 Å². The number of quaternary nitrogens is 1. The molecule has 0 aliphatic rings. The Morgan fingerprint density at radius 3 is 2.63 bits per heavy atom. The minimum absolute atomic E-state index is 0.851. The zero-order valence-corrected chi connectivity index (χ0v) is 18.3. The van der Waals surface area contributed by atoms with Gasteiger partial charge < -0.3 is 4.90 Å². The lowest BCUT2D eigenvalue weighted by Crippen LogP contribution is -3.10. The van der Waals surface area contributed by atoms with Gasteiger partial charge in [0.25, 0.3) is 0 Å². The number of aryl methyl sites for hydroxylation is 2. The van der Waals surface area contributed by atoms with Crippen LogP contribution in [0.1, 0.15) is 30.1 Å². The molecule has 0 fully saturated rings. The van der Waals surface area contributed by atoms with Crippen molar-refractivity contribution in [2.75, 3.05) is 13.1 Å². The first-order valence-corrected chi connectivity index (χ1v) is 11.6. The number of hydrogen-bond donors (Lipinski definition) is 1. The van der Waals surface area contributed by atoms with Crippen LogP contribution in [0, 0.1) is 13.8 Å². The van der Waals surface area contributed by atoms with Crippen LogP contribution in [-0.4, -0.2) is 33.0 Å². The molecule has 1 N–H and O–H groups in total. The van der Waals surface area contributed by atoms with Gasteiger partial charge in [-0.1, -0.05) is 0 Å². The van der Waals surface area contributed by atoms with Gasteiger partial charge in [0.15, 0.2) is 5.82 Å². The predicted molar refractivity (Wildman–Crippen MR) is 114 cm³/mol. The molecule has 0 saturated heterocycles. The number of aromatic nitrogens is 4. The number of thiophene rings is 2. The zero-order chi connectivity index (χ0) is 19.0. The first-order chi connectivity index (χ1) is 13.1. The number of nitrogens with one attached hydrogen (secondary N) is 1. The number of hydrogen-bond acceptors (Lipinski definition) is 7. The molecule has 27 heavy (non-hydrogen) atoms. The highest BCUT2D eigenvalue weighted by molar-refractivity contribution is 7.99. The first kappa shape index (κ1) is 18.7. The fourth-order valence-corrected chi connectivity index (χ4v) is 6.04. The zero-order valence-electron chi connectivity index (χ0n) is 15.9. The second-order valence-electron chi connectivity index (χ2n) is 6.46. The maximum atomic E-state index is 4.98. The summed E-state index contributed by atoms with van der Waals surface area (Å²) in [6.45, 7) is 11.7. The summed E-state index contributed by atoms with van der Waals surface area (Å²) in [6.07, 6.45) is 1.65. The Hall–Kier alpha value is -1.61. The van der Waals surface area contributed by atoms with E-state index in [1.807, 2.05) is 0 Å². The summed E-state index contributed by atoms with van der Waals surface area (Å²) in [6, 6.07) is 2.09. The van der Waals surface area contributed by atoms with Crippen molar-refractivity contribution in [1.29, 1.82) is 0 Å². The highest BCUT2D eigenvalue weighted by atomic mass is 32.2. The van der Waals surface area contributed by atoms with E-state index < -0.39 is 0 Å². The molecule has 0 aliphatic carbocycles. The highest BCUT2D eigenvalue weighted by Gasteiger charge is 2.19. The topological polar surface area (TPSA) is 56.0 Å². The fourth-order valence-electron chi connectivity index (χ4n) is 3.07. The highest BCUT2D eigenvalue weighted by Crippen LogP contribution is 2.39. The van der Waals surface area contributed by atoms with Gasteiger partial charge in [-0.2, -0.15) is 0 Å². The molecule has 4 aromatic rings. The van der Waals surface area contributed by atoms with Gasteiger partial charge in [0, 0.05) is 15.6 Å². The Kier molecular flexibility index (Phi) is 5.41. The largest absolute Gasteiger partial charge is 0.329 e. The minimum atomic E-state index is 0.851. The Labute approximate surface area is 170 Å². The molecule has 0 radical (unpaired) electrons. The summed E-state index contributed by atoms with van der Waals surface area (Å²) < 4.78 is 0. The Morgan fingerprint density at radius 1 is 1.04 bits per heavy atom. The van der Waals surface area contributed by atoms with E-state index in [0.717, 1.165) is 50.6 Å². The molecule has 0 aromatic carbocycles. The molecular weight excluding hydrogens is 394 g/mol. The van der Waals surface area contributed by atoms with Crippen LogP contribution >= 0.6 is 34.4 Å². The lowest BCUT2D eigenvalue weighted by Gasteiger charge is -2.15. The Morgan fingerprint density at radius 2 is 1.85 bits per heavy atom. The molecule has 0 saturated carbocycles. The normalized spacial score (nSPS) is 11.9. The quantitative estimate of drug-likeness (QED) is 0.483. The number of nitrogens with zero attached hydrogens (tertiary/aromatic N) is 4. The van der Waals surface area contributed by atoms with E-state index in [4.69, 9.17) is 9.97 Å². The third-order valence-electron chi connectivity index (χ3n) is 4.87. The van der Waals surface area contributed by atoms with E-state index in [2.05, 4.69) is 49.1 Å². The molecule has 8 heteroatoms. The Balaban J connectivity index is 1.83. The molecule has 0 aliphatic heterocycles. The van der Waals surface area contributed by atoms with Crippen LogP contribution in [0.3, 0.4) is 0 Å². The molecule has 5 nitrogen and oxygen atoms in total. The van der Waals surface area contributed by atoms with Crippen LogP contribution in [0.25, 0.3) is 20.4 Å². The Bertz CT molecular complexity index is 1100. The molecule has 0 bridgehead atoms. The summed E-state index contributed by atoms with van der Waals surface area (Å²) >= 11 is 5.04. The van der Waals surface area contributed by atoms with Crippen LogP contribution in [0.2, 0.25) is 0 Å². The molecule has 0 unspecified atom stereocenters. The molecule has 0 atom stereocenters. The molecule has 4 heterocycles. The molecular formula is C19H22N5S3+. The van der Waals surface area contributed by atoms with Gasteiger partial charge in [0.1, 0.15) is 32.6 Å². The van der Waals surface area contributed by atoms with E-state index in [9.17, 15) is 0 Å². The van der Waals surface area contributed by atoms with Crippen LogP contribution in [0.5, 0.6) is 0 Å². The van der Waals surface area contributed by atoms with Crippen molar-refractivity contribution in [3.63, 3.8) is 0 Å². The van der Waals surface area contributed by atoms with Gasteiger partial charge in [0.05, 0.1) is 13.1 Å². The summed E-state index contributed by atoms with van der Waals surface area (Å²) in [7, 11) is 0. The van der Waals surface area contributed by atoms with Crippen LogP contribution in [-0.2, 0) is 6.54 Å². The van der Waals surface area contributed by atoms with Gasteiger partial charge >= 0.3 is 0 Å². The van der Waals surface area contributed by atoms with Crippen LogP contribution in [0.4, 0.5) is 0 Å². The van der Waals surface area contributed by atoms with Crippen molar-refractivity contribution < 1.29 is 4.90 Å². The standard InChI is InChI=1S/C19H21N5S3/c1-5-24(6-2)9-14-22-18-15(11(3)12(4)26-18)19(23-14)27-17-13-7-8-25-16(13)20-10-21-17/h7-8,10H,5-6,9H2,1-4H3/p+1. The van der Waals surface area contributed by atoms with E-state index >= 15 is 0 Å². The van der Waals surface area contributed by atoms with Gasteiger partial charge in [-0.05, 0) is 56.5 Å². The van der Waals surface area contributed by atoms with E-state index in [1.165, 1.54) is 20.7 Å². The number of rotatable bonds is 6. The molecule has 4 rings (SSSR count). The third-order valence-corrected chi connectivity index (χ3v) is 7.80. The molecule has 4 aromatic heterocycles. The summed E-state index contributed by atoms with van der Waals surface area (Å²) in [4.78, 5) is 23.7.